The molecule has 1 atom stereocenters. The van der Waals surface area contributed by atoms with Crippen molar-refractivity contribution in [3.8, 4) is 0 Å². The van der Waals surface area contributed by atoms with E-state index >= 15 is 0 Å². The summed E-state index contributed by atoms with van der Waals surface area (Å²) in [5, 5.41) is 13.2. The van der Waals surface area contributed by atoms with Crippen LogP contribution in [0.3, 0.4) is 0 Å². The fourth-order valence-electron chi connectivity index (χ4n) is 2.57. The van der Waals surface area contributed by atoms with Crippen LogP contribution < -0.4 is 5.32 Å². The van der Waals surface area contributed by atoms with Gasteiger partial charge in [0.05, 0.1) is 10.9 Å². The quantitative estimate of drug-likeness (QED) is 0.774. The highest BCUT2D eigenvalue weighted by molar-refractivity contribution is 7.16. The Morgan fingerprint density at radius 1 is 1.47 bits per heavy atom. The summed E-state index contributed by atoms with van der Waals surface area (Å²) in [6.07, 6.45) is 1.41. The standard InChI is InChI=1S/C11H14ClNO2S.CH2F2/c12-9-5-7-8(14)6-15-11(10(7)16-9)1-3-13-4-2-11;2-1-3/h5,8,13-14H,1-4,6H2;1H2. The second-order valence-electron chi connectivity index (χ2n) is 4.51. The van der Waals surface area contributed by atoms with Gasteiger partial charge in [0.15, 0.2) is 0 Å². The molecular formula is C12H16ClF2NO2S. The number of nitrogens with one attached hydrogen (secondary N) is 1. The Labute approximate surface area is 119 Å². The smallest absolute Gasteiger partial charge is 0.229 e. The average Bonchev–Trinajstić information content (AvgIpc) is 2.80. The van der Waals surface area contributed by atoms with E-state index in [1.54, 1.807) is 11.3 Å². The van der Waals surface area contributed by atoms with E-state index in [1.807, 2.05) is 6.07 Å². The summed E-state index contributed by atoms with van der Waals surface area (Å²) < 4.78 is 25.9. The molecule has 1 fully saturated rings. The molecule has 1 unspecified atom stereocenters. The van der Waals surface area contributed by atoms with E-state index in [9.17, 15) is 13.9 Å². The van der Waals surface area contributed by atoms with Gasteiger partial charge in [0.2, 0.25) is 6.93 Å². The van der Waals surface area contributed by atoms with Gasteiger partial charge < -0.3 is 15.2 Å². The number of halogens is 3. The highest BCUT2D eigenvalue weighted by Crippen LogP contribution is 2.48. The molecule has 2 aliphatic rings. The van der Waals surface area contributed by atoms with Crippen LogP contribution in [0.1, 0.15) is 29.4 Å². The number of hydrogen-bond donors (Lipinski definition) is 2. The van der Waals surface area contributed by atoms with Crippen LogP contribution in [0.4, 0.5) is 8.78 Å². The molecule has 3 nitrogen and oxygen atoms in total. The molecule has 7 heteroatoms. The van der Waals surface area contributed by atoms with Crippen LogP contribution in [0.15, 0.2) is 6.07 Å². The summed E-state index contributed by atoms with van der Waals surface area (Å²) in [5.41, 5.74) is 0.778. The Balaban J connectivity index is 0.000000408. The lowest BCUT2D eigenvalue weighted by Gasteiger charge is -2.41. The van der Waals surface area contributed by atoms with Gasteiger partial charge in [-0.15, -0.1) is 11.3 Å². The van der Waals surface area contributed by atoms with Crippen molar-refractivity contribution in [1.82, 2.24) is 5.32 Å². The third kappa shape index (κ3) is 3.08. The summed E-state index contributed by atoms with van der Waals surface area (Å²) in [4.78, 5) is 1.14. The second-order valence-corrected chi connectivity index (χ2v) is 6.19. The molecule has 1 aromatic heterocycles. The Morgan fingerprint density at radius 2 is 2.11 bits per heavy atom. The maximum Gasteiger partial charge on any atom is 0.229 e. The Kier molecular flexibility index (Phi) is 5.14. The molecule has 19 heavy (non-hydrogen) atoms. The van der Waals surface area contributed by atoms with Gasteiger partial charge in [0.25, 0.3) is 0 Å². The van der Waals surface area contributed by atoms with E-state index in [4.69, 9.17) is 16.3 Å². The third-order valence-corrected chi connectivity index (χ3v) is 4.90. The number of hydrogen-bond acceptors (Lipinski definition) is 4. The normalized spacial score (nSPS) is 24.5. The molecule has 1 spiro atoms. The van der Waals surface area contributed by atoms with Crippen LogP contribution in [0, 0.1) is 0 Å². The molecule has 0 aliphatic carbocycles. The first kappa shape index (κ1) is 15.1. The largest absolute Gasteiger partial charge is 0.386 e. The third-order valence-electron chi connectivity index (χ3n) is 3.43. The first-order valence-corrected chi connectivity index (χ1v) is 7.27. The van der Waals surface area contributed by atoms with E-state index in [2.05, 4.69) is 5.32 Å². The summed E-state index contributed by atoms with van der Waals surface area (Å²) in [5.74, 6) is 0. The van der Waals surface area contributed by atoms with Gasteiger partial charge in [-0.1, -0.05) is 11.6 Å². The van der Waals surface area contributed by atoms with Gasteiger partial charge in [-0.05, 0) is 32.0 Å². The molecule has 3 rings (SSSR count). The van der Waals surface area contributed by atoms with Crippen molar-refractivity contribution in [2.24, 2.45) is 0 Å². The van der Waals surface area contributed by atoms with Gasteiger partial charge in [0.1, 0.15) is 11.7 Å². The number of aliphatic hydroxyl groups excluding tert-OH is 1. The maximum atomic E-state index is 9.90. The molecule has 0 bridgehead atoms. The highest BCUT2D eigenvalue weighted by Gasteiger charge is 2.43. The van der Waals surface area contributed by atoms with Crippen molar-refractivity contribution in [1.29, 1.82) is 0 Å². The lowest BCUT2D eigenvalue weighted by molar-refractivity contribution is -0.115. The molecule has 1 saturated heterocycles. The van der Waals surface area contributed by atoms with Crippen molar-refractivity contribution in [2.75, 3.05) is 26.6 Å². The van der Waals surface area contributed by atoms with Crippen molar-refractivity contribution in [3.63, 3.8) is 0 Å². The summed E-state index contributed by atoms with van der Waals surface area (Å²) in [6.45, 7) is 0.566. The topological polar surface area (TPSA) is 41.5 Å². The van der Waals surface area contributed by atoms with Crippen LogP contribution >= 0.6 is 22.9 Å². The number of fused-ring (bicyclic) bond motifs is 2. The zero-order valence-corrected chi connectivity index (χ0v) is 11.9. The van der Waals surface area contributed by atoms with Crippen LogP contribution in [-0.2, 0) is 10.3 Å². The molecule has 2 aliphatic heterocycles. The van der Waals surface area contributed by atoms with E-state index in [1.165, 1.54) is 0 Å². The molecule has 0 aromatic carbocycles. The minimum absolute atomic E-state index is 0.197. The van der Waals surface area contributed by atoms with Crippen LogP contribution in [0.25, 0.3) is 0 Å². The lowest BCUT2D eigenvalue weighted by Crippen LogP contribution is -2.44. The van der Waals surface area contributed by atoms with Gasteiger partial charge in [-0.2, -0.15) is 0 Å². The van der Waals surface area contributed by atoms with Gasteiger partial charge in [-0.3, -0.25) is 0 Å². The second kappa shape index (κ2) is 6.45. The molecule has 1 aromatic rings. The minimum Gasteiger partial charge on any atom is -0.386 e. The molecule has 0 saturated carbocycles. The zero-order valence-electron chi connectivity index (χ0n) is 10.3. The Bertz CT molecular complexity index is 424. The lowest BCUT2D eigenvalue weighted by atomic mass is 9.85. The molecule has 3 heterocycles. The van der Waals surface area contributed by atoms with Gasteiger partial charge >= 0.3 is 0 Å². The first-order chi connectivity index (χ1) is 9.13. The number of rotatable bonds is 0. The van der Waals surface area contributed by atoms with E-state index in [0.29, 0.717) is 6.61 Å². The Hall–Kier alpha value is -0.270. The highest BCUT2D eigenvalue weighted by atomic mass is 35.5. The minimum atomic E-state index is -1.75. The first-order valence-electron chi connectivity index (χ1n) is 6.07. The van der Waals surface area contributed by atoms with Crippen molar-refractivity contribution >= 4 is 22.9 Å². The molecular weight excluding hydrogens is 296 g/mol. The fraction of sp³-hybridized carbons (Fsp3) is 0.667. The van der Waals surface area contributed by atoms with Crippen molar-refractivity contribution in [3.05, 3.63) is 20.8 Å². The fourth-order valence-corrected chi connectivity index (χ4v) is 4.06. The molecule has 2 N–H and O–H groups in total. The SMILES string of the molecule is FCF.OC1COC2(CCNCC2)c2sc(Cl)cc21. The monoisotopic (exact) mass is 311 g/mol. The van der Waals surface area contributed by atoms with Gasteiger partial charge in [0, 0.05) is 10.4 Å². The number of alkyl halides is 2. The predicted octanol–water partition coefficient (Wildman–Crippen LogP) is 2.93. The summed E-state index contributed by atoms with van der Waals surface area (Å²) in [6, 6.07) is 1.89. The van der Waals surface area contributed by atoms with Crippen LogP contribution in [0.5, 0.6) is 0 Å². The van der Waals surface area contributed by atoms with E-state index in [0.717, 1.165) is 40.7 Å². The molecule has 108 valence electrons. The summed E-state index contributed by atoms with van der Waals surface area (Å²) in [7, 11) is 0. The Morgan fingerprint density at radius 3 is 2.74 bits per heavy atom. The van der Waals surface area contributed by atoms with E-state index < -0.39 is 13.0 Å². The molecule has 0 amide bonds. The van der Waals surface area contributed by atoms with Crippen molar-refractivity contribution in [2.45, 2.75) is 24.5 Å². The van der Waals surface area contributed by atoms with Crippen LogP contribution in [0.2, 0.25) is 4.34 Å². The summed E-state index contributed by atoms with van der Waals surface area (Å²) >= 11 is 7.61. The number of ether oxygens (including phenoxy) is 1. The number of aliphatic hydroxyl groups is 1. The maximum absolute atomic E-state index is 9.90. The van der Waals surface area contributed by atoms with Crippen LogP contribution in [-0.4, -0.2) is 31.7 Å². The number of piperidine rings is 1. The number of thiophene rings is 1. The van der Waals surface area contributed by atoms with Crippen molar-refractivity contribution < 1.29 is 18.6 Å². The predicted molar refractivity (Wildman–Crippen MR) is 71.1 cm³/mol. The van der Waals surface area contributed by atoms with Gasteiger partial charge in [-0.25, -0.2) is 8.78 Å². The molecule has 0 radical (unpaired) electrons. The average molecular weight is 312 g/mol. The van der Waals surface area contributed by atoms with E-state index in [-0.39, 0.29) is 5.60 Å². The zero-order chi connectivity index (χ0) is 13.9.